The Morgan fingerprint density at radius 2 is 1.74 bits per heavy atom. The number of nitrogens with zero attached hydrogens (tertiary/aromatic N) is 3. The van der Waals surface area contributed by atoms with Crippen molar-refractivity contribution in [1.82, 2.24) is 9.80 Å². The molecule has 0 spiro atoms. The number of amides is 2. The van der Waals surface area contributed by atoms with E-state index < -0.39 is 33.5 Å². The van der Waals surface area contributed by atoms with E-state index >= 15 is 0 Å². The molecule has 1 fully saturated rings. The second-order valence-corrected chi connectivity index (χ2v) is 8.16. The van der Waals surface area contributed by atoms with Gasteiger partial charge >= 0.3 is 6.18 Å². The molecule has 0 radical (unpaired) electrons. The van der Waals surface area contributed by atoms with Crippen LogP contribution in [0.4, 0.5) is 24.5 Å². The van der Waals surface area contributed by atoms with Gasteiger partial charge in [0.15, 0.2) is 0 Å². The predicted octanol–water partition coefficient (Wildman–Crippen LogP) is 3.12. The fourth-order valence-corrected chi connectivity index (χ4v) is 3.82. The van der Waals surface area contributed by atoms with Crippen molar-refractivity contribution in [3.8, 4) is 0 Å². The van der Waals surface area contributed by atoms with Gasteiger partial charge in [0.05, 0.1) is 22.1 Å². The van der Waals surface area contributed by atoms with E-state index in [0.717, 1.165) is 18.2 Å². The Morgan fingerprint density at radius 1 is 1.09 bits per heavy atom. The summed E-state index contributed by atoms with van der Waals surface area (Å²) < 4.78 is 39.0. The molecule has 1 aliphatic heterocycles. The van der Waals surface area contributed by atoms with Crippen LogP contribution in [0.1, 0.15) is 21.5 Å². The number of alkyl halides is 3. The number of anilines is 1. The van der Waals surface area contributed by atoms with Crippen molar-refractivity contribution in [3.63, 3.8) is 0 Å². The Labute approximate surface area is 197 Å². The molecule has 2 aromatic carbocycles. The minimum absolute atomic E-state index is 0.00733. The number of nitro benzene ring substituents is 1. The summed E-state index contributed by atoms with van der Waals surface area (Å²) >= 11 is 5.59. The van der Waals surface area contributed by atoms with E-state index in [4.69, 9.17) is 17.3 Å². The first-order chi connectivity index (χ1) is 15.9. The number of hydrogen-bond acceptors (Lipinski definition) is 6. The number of nitrogens with two attached hydrogens (primary N) is 1. The van der Waals surface area contributed by atoms with Gasteiger partial charge in [0.2, 0.25) is 11.8 Å². The van der Waals surface area contributed by atoms with Crippen LogP contribution in [0.2, 0.25) is 5.02 Å². The molecule has 3 N–H and O–H groups in total. The van der Waals surface area contributed by atoms with Crippen LogP contribution in [0.3, 0.4) is 0 Å². The Balaban J connectivity index is 1.54. The van der Waals surface area contributed by atoms with Gasteiger partial charge < -0.3 is 11.1 Å². The van der Waals surface area contributed by atoms with Crippen LogP contribution in [0.25, 0.3) is 0 Å². The van der Waals surface area contributed by atoms with Crippen LogP contribution in [0.5, 0.6) is 0 Å². The quantitative estimate of drug-likeness (QED) is 0.446. The molecule has 9 nitrogen and oxygen atoms in total. The van der Waals surface area contributed by atoms with Crippen molar-refractivity contribution in [2.75, 3.05) is 38.0 Å². The lowest BCUT2D eigenvalue weighted by Gasteiger charge is -2.34. The van der Waals surface area contributed by atoms with Crippen molar-refractivity contribution < 1.29 is 27.7 Å². The number of carbonyl (C=O) groups is 2. The highest BCUT2D eigenvalue weighted by atomic mass is 35.5. The monoisotopic (exact) mass is 499 g/mol. The van der Waals surface area contributed by atoms with E-state index in [-0.39, 0.29) is 30.0 Å². The summed E-state index contributed by atoms with van der Waals surface area (Å²) in [6.45, 7) is 2.25. The molecule has 1 saturated heterocycles. The van der Waals surface area contributed by atoms with Gasteiger partial charge in [0, 0.05) is 55.6 Å². The summed E-state index contributed by atoms with van der Waals surface area (Å²) in [5.41, 5.74) is 4.44. The largest absolute Gasteiger partial charge is 0.417 e. The first-order valence-electron chi connectivity index (χ1n) is 10.1. The summed E-state index contributed by atoms with van der Waals surface area (Å²) in [6.07, 6.45) is -4.64. The van der Waals surface area contributed by atoms with Gasteiger partial charge in [-0.25, -0.2) is 0 Å². The molecular weight excluding hydrogens is 479 g/mol. The van der Waals surface area contributed by atoms with E-state index in [9.17, 15) is 32.9 Å². The molecule has 0 saturated carbocycles. The molecule has 0 aliphatic carbocycles. The minimum Gasteiger partial charge on any atom is -0.366 e. The molecule has 3 rings (SSSR count). The van der Waals surface area contributed by atoms with E-state index in [1.807, 2.05) is 9.80 Å². The molecule has 0 atom stereocenters. The zero-order valence-electron chi connectivity index (χ0n) is 17.8. The van der Waals surface area contributed by atoms with Crippen molar-refractivity contribution in [1.29, 1.82) is 0 Å². The molecule has 2 aromatic rings. The topological polar surface area (TPSA) is 122 Å². The smallest absolute Gasteiger partial charge is 0.366 e. The average molecular weight is 500 g/mol. The zero-order chi connectivity index (χ0) is 25.0. The molecule has 2 amide bonds. The Bertz CT molecular complexity index is 1100. The Morgan fingerprint density at radius 3 is 2.32 bits per heavy atom. The van der Waals surface area contributed by atoms with Gasteiger partial charge in [-0.3, -0.25) is 29.5 Å². The van der Waals surface area contributed by atoms with Gasteiger partial charge in [-0.15, -0.1) is 0 Å². The molecular formula is C21H21ClF3N5O4. The fraction of sp³-hybridized carbons (Fsp3) is 0.333. The first-order valence-corrected chi connectivity index (χ1v) is 10.5. The maximum atomic E-state index is 13.0. The van der Waals surface area contributed by atoms with E-state index in [1.54, 1.807) is 0 Å². The lowest BCUT2D eigenvalue weighted by atomic mass is 10.1. The first kappa shape index (κ1) is 25.4. The number of primary amides is 1. The highest BCUT2D eigenvalue weighted by molar-refractivity contribution is 6.31. The second-order valence-electron chi connectivity index (χ2n) is 7.76. The van der Waals surface area contributed by atoms with Gasteiger partial charge in [0.1, 0.15) is 0 Å². The molecule has 0 bridgehead atoms. The molecule has 0 aromatic heterocycles. The maximum Gasteiger partial charge on any atom is 0.417 e. The number of nitrogens with one attached hydrogen (secondary N) is 1. The van der Waals surface area contributed by atoms with Gasteiger partial charge in [-0.05, 0) is 24.3 Å². The summed E-state index contributed by atoms with van der Waals surface area (Å²) in [4.78, 5) is 38.2. The summed E-state index contributed by atoms with van der Waals surface area (Å²) in [5, 5.41) is 13.4. The zero-order valence-corrected chi connectivity index (χ0v) is 18.5. The van der Waals surface area contributed by atoms with Crippen LogP contribution >= 0.6 is 11.6 Å². The summed E-state index contributed by atoms with van der Waals surface area (Å²) in [6, 6.07) is 7.25. The number of carbonyl (C=O) groups excluding carboxylic acids is 2. The summed E-state index contributed by atoms with van der Waals surface area (Å²) in [7, 11) is 0. The van der Waals surface area contributed by atoms with Crippen LogP contribution < -0.4 is 11.1 Å². The molecule has 182 valence electrons. The molecule has 0 unspecified atom stereocenters. The minimum atomic E-state index is -4.64. The number of piperazine rings is 1. The number of rotatable bonds is 7. The molecule has 1 heterocycles. The highest BCUT2D eigenvalue weighted by Gasteiger charge is 2.33. The molecule has 13 heteroatoms. The lowest BCUT2D eigenvalue weighted by Crippen LogP contribution is -2.48. The lowest BCUT2D eigenvalue weighted by molar-refractivity contribution is -0.385. The number of nitro groups is 1. The predicted molar refractivity (Wildman–Crippen MR) is 118 cm³/mol. The van der Waals surface area contributed by atoms with E-state index in [2.05, 4.69) is 5.32 Å². The highest BCUT2D eigenvalue weighted by Crippen LogP contribution is 2.36. The third-order valence-electron chi connectivity index (χ3n) is 5.35. The fourth-order valence-electron chi connectivity index (χ4n) is 3.59. The SMILES string of the molecule is NC(=O)c1ccc(CN2CCN(CC(=O)Nc3ccc(Cl)c(C(F)(F)F)c3)CC2)c([N+](=O)[O-])c1. The number of benzene rings is 2. The van der Waals surface area contributed by atoms with Gasteiger partial charge in [0.25, 0.3) is 5.69 Å². The summed E-state index contributed by atoms with van der Waals surface area (Å²) in [5.74, 6) is -1.23. The van der Waals surface area contributed by atoms with E-state index in [0.29, 0.717) is 31.7 Å². The third kappa shape index (κ3) is 6.43. The van der Waals surface area contributed by atoms with Crippen molar-refractivity contribution in [3.05, 3.63) is 68.2 Å². The Kier molecular flexibility index (Phi) is 7.75. The van der Waals surface area contributed by atoms with Crippen molar-refractivity contribution in [2.24, 2.45) is 5.73 Å². The van der Waals surface area contributed by atoms with Gasteiger partial charge in [-0.1, -0.05) is 17.7 Å². The second kappa shape index (κ2) is 10.4. The third-order valence-corrected chi connectivity index (χ3v) is 5.68. The molecule has 1 aliphatic rings. The standard InChI is InChI=1S/C21H21ClF3N5O4/c22-17-4-3-15(10-16(17)21(23,24)25)27-19(31)12-29-7-5-28(6-8-29)11-14-2-1-13(20(26)32)9-18(14)30(33)34/h1-4,9-10H,5-8,11-12H2,(H2,26,32)(H,27,31). The van der Waals surface area contributed by atoms with Crippen LogP contribution in [-0.4, -0.2) is 59.3 Å². The normalized spacial score (nSPS) is 15.2. The van der Waals surface area contributed by atoms with Crippen molar-refractivity contribution in [2.45, 2.75) is 12.7 Å². The number of halogens is 4. The average Bonchev–Trinajstić information content (AvgIpc) is 2.75. The molecule has 34 heavy (non-hydrogen) atoms. The Hall–Kier alpha value is -3.22. The number of hydrogen-bond donors (Lipinski definition) is 2. The van der Waals surface area contributed by atoms with Crippen LogP contribution in [0, 0.1) is 10.1 Å². The van der Waals surface area contributed by atoms with Crippen LogP contribution in [0.15, 0.2) is 36.4 Å². The van der Waals surface area contributed by atoms with Gasteiger partial charge in [-0.2, -0.15) is 13.2 Å². The maximum absolute atomic E-state index is 13.0. The van der Waals surface area contributed by atoms with E-state index in [1.165, 1.54) is 18.2 Å². The van der Waals surface area contributed by atoms with Crippen LogP contribution in [-0.2, 0) is 17.5 Å². The van der Waals surface area contributed by atoms with Crippen molar-refractivity contribution >= 4 is 34.8 Å².